The molecule has 0 bridgehead atoms. The van der Waals surface area contributed by atoms with Crippen molar-refractivity contribution in [3.8, 4) is 0 Å². The van der Waals surface area contributed by atoms with E-state index in [1.807, 2.05) is 0 Å². The first kappa shape index (κ1) is 13.5. The van der Waals surface area contributed by atoms with Gasteiger partial charge in [-0.05, 0) is 28.1 Å². The molecular weight excluding hydrogens is 469 g/mol. The van der Waals surface area contributed by atoms with Crippen molar-refractivity contribution in [3.63, 3.8) is 0 Å². The van der Waals surface area contributed by atoms with Crippen LogP contribution >= 0.6 is 51.7 Å². The molecule has 0 spiro atoms. The number of sulfonamides is 1. The Bertz CT molecular complexity index is 573. The topological polar surface area (TPSA) is 94.3 Å². The number of hydrogen-bond donors (Lipinski definition) is 1. The first-order valence-corrected chi connectivity index (χ1v) is 9.28. The number of rotatable bonds is 2. The zero-order valence-electron chi connectivity index (χ0n) is 6.91. The molecule has 0 radical (unpaired) electrons. The molecule has 1 rings (SSSR count). The molecule has 1 aromatic rings. The van der Waals surface area contributed by atoms with E-state index in [1.165, 1.54) is 6.07 Å². The highest BCUT2D eigenvalue weighted by atomic mass is 127. The van der Waals surface area contributed by atoms with Crippen LogP contribution in [0.25, 0.3) is 0 Å². The predicted octanol–water partition coefficient (Wildman–Crippen LogP) is 2.23. The molecule has 0 aliphatic carbocycles. The molecule has 0 aliphatic rings. The molecule has 9 heteroatoms. The minimum atomic E-state index is -4.04. The van der Waals surface area contributed by atoms with E-state index in [1.54, 1.807) is 0 Å². The third kappa shape index (κ3) is 3.19. The molecule has 0 atom stereocenters. The lowest BCUT2D eigenvalue weighted by molar-refractivity contribution is 0.595. The summed E-state index contributed by atoms with van der Waals surface area (Å²) in [6.45, 7) is 0. The molecule has 0 saturated heterocycles. The van der Waals surface area contributed by atoms with E-state index in [2.05, 4.69) is 31.9 Å². The van der Waals surface area contributed by atoms with Crippen molar-refractivity contribution in [2.24, 2.45) is 5.14 Å². The van der Waals surface area contributed by atoms with Gasteiger partial charge in [-0.25, -0.2) is 19.7 Å². The van der Waals surface area contributed by atoms with Gasteiger partial charge in [0.05, 0.1) is 0 Å². The summed E-state index contributed by atoms with van der Waals surface area (Å²) in [4.78, 5) is -0.390. The van der Waals surface area contributed by atoms with Gasteiger partial charge in [-0.2, -0.15) is 0 Å². The lowest BCUT2D eigenvalue weighted by atomic mass is 10.4. The lowest BCUT2D eigenvalue weighted by Gasteiger charge is -2.04. The van der Waals surface area contributed by atoms with Gasteiger partial charge in [0.2, 0.25) is 10.0 Å². The normalized spacial score (nSPS) is 12.0. The Balaban J connectivity index is 3.78. The Morgan fingerprint density at radius 2 is 1.73 bits per heavy atom. The Morgan fingerprint density at radius 3 is 2.13 bits per heavy atom. The Kier molecular flexibility index (Phi) is 4.26. The SMILES string of the molecule is NS(=O)(=O)c1cc(Br)cc(Br)c1I(=O)=O. The summed E-state index contributed by atoms with van der Waals surface area (Å²) in [7, 11) is -4.04. The van der Waals surface area contributed by atoms with Crippen LogP contribution in [0, 0.1) is 3.57 Å². The third-order valence-corrected chi connectivity index (χ3v) is 6.59. The Labute approximate surface area is 110 Å². The average Bonchev–Trinajstić information content (AvgIpc) is 1.99. The van der Waals surface area contributed by atoms with Crippen LogP contribution in [-0.4, -0.2) is 8.42 Å². The van der Waals surface area contributed by atoms with Gasteiger partial charge in [-0.15, -0.1) is 0 Å². The van der Waals surface area contributed by atoms with Gasteiger partial charge in [-0.1, -0.05) is 15.9 Å². The largest absolute Gasteiger partial charge is 0.343 e. The van der Waals surface area contributed by atoms with Crippen molar-refractivity contribution in [2.45, 2.75) is 4.90 Å². The minimum Gasteiger partial charge on any atom is -0.230 e. The van der Waals surface area contributed by atoms with Crippen LogP contribution in [0.3, 0.4) is 0 Å². The highest BCUT2D eigenvalue weighted by molar-refractivity contribution is 14.2. The van der Waals surface area contributed by atoms with Crippen molar-refractivity contribution in [1.29, 1.82) is 0 Å². The molecular formula is C6H4Br2INO4S. The van der Waals surface area contributed by atoms with Crippen molar-refractivity contribution in [1.82, 2.24) is 0 Å². The van der Waals surface area contributed by atoms with Crippen LogP contribution in [-0.2, 0) is 16.2 Å². The van der Waals surface area contributed by atoms with E-state index in [-0.39, 0.29) is 12.9 Å². The van der Waals surface area contributed by atoms with E-state index in [0.717, 1.165) is 6.07 Å². The van der Waals surface area contributed by atoms with Crippen molar-refractivity contribution in [3.05, 3.63) is 24.6 Å². The quantitative estimate of drug-likeness (QED) is 0.527. The molecule has 0 fully saturated rings. The average molecular weight is 473 g/mol. The van der Waals surface area contributed by atoms with Crippen molar-refractivity contribution >= 4 is 61.7 Å². The first-order chi connectivity index (χ1) is 6.73. The molecule has 5 nitrogen and oxygen atoms in total. The summed E-state index contributed by atoms with van der Waals surface area (Å²) in [6, 6.07) is 2.61. The highest BCUT2D eigenvalue weighted by Crippen LogP contribution is 2.34. The molecule has 0 aromatic heterocycles. The van der Waals surface area contributed by atoms with Crippen LogP contribution in [0.4, 0.5) is 0 Å². The molecule has 0 unspecified atom stereocenters. The van der Waals surface area contributed by atoms with Gasteiger partial charge in [-0.3, -0.25) is 0 Å². The summed E-state index contributed by atoms with van der Waals surface area (Å²) in [5.41, 5.74) is 0. The third-order valence-electron chi connectivity index (χ3n) is 1.42. The van der Waals surface area contributed by atoms with Gasteiger partial charge < -0.3 is 0 Å². The minimum absolute atomic E-state index is 0.191. The molecule has 0 aliphatic heterocycles. The van der Waals surface area contributed by atoms with Gasteiger partial charge >= 0.3 is 19.8 Å². The first-order valence-electron chi connectivity index (χ1n) is 3.30. The van der Waals surface area contributed by atoms with Crippen LogP contribution in [0.5, 0.6) is 0 Å². The molecule has 0 heterocycles. The molecule has 15 heavy (non-hydrogen) atoms. The maximum absolute atomic E-state index is 11.1. The fraction of sp³-hybridized carbons (Fsp3) is 0. The summed E-state index contributed by atoms with van der Waals surface area (Å²) < 4.78 is 44.6. The molecule has 84 valence electrons. The van der Waals surface area contributed by atoms with Crippen molar-refractivity contribution < 1.29 is 14.6 Å². The number of nitrogens with two attached hydrogens (primary N) is 1. The number of primary sulfonamides is 1. The van der Waals surface area contributed by atoms with E-state index in [9.17, 15) is 14.6 Å². The van der Waals surface area contributed by atoms with E-state index in [0.29, 0.717) is 4.47 Å². The molecule has 0 saturated carbocycles. The van der Waals surface area contributed by atoms with Gasteiger partial charge in [0.15, 0.2) is 0 Å². The maximum Gasteiger partial charge on any atom is 0.343 e. The van der Waals surface area contributed by atoms with E-state index < -0.39 is 29.8 Å². The zero-order chi connectivity index (χ0) is 11.8. The van der Waals surface area contributed by atoms with Crippen LogP contribution < -0.4 is 5.14 Å². The van der Waals surface area contributed by atoms with Crippen LogP contribution in [0.2, 0.25) is 0 Å². The Hall–Kier alpha value is 0.420. The second kappa shape index (κ2) is 4.73. The number of benzene rings is 1. The number of halogens is 3. The van der Waals surface area contributed by atoms with Gasteiger partial charge in [0.1, 0.15) is 8.47 Å². The van der Waals surface area contributed by atoms with Crippen molar-refractivity contribution in [2.75, 3.05) is 0 Å². The Morgan fingerprint density at radius 1 is 1.20 bits per heavy atom. The summed E-state index contributed by atoms with van der Waals surface area (Å²) in [6.07, 6.45) is 0. The van der Waals surface area contributed by atoms with E-state index in [4.69, 9.17) is 5.14 Å². The predicted molar refractivity (Wildman–Crippen MR) is 67.3 cm³/mol. The summed E-state index contributed by atoms with van der Waals surface area (Å²) >= 11 is 2.11. The highest BCUT2D eigenvalue weighted by Gasteiger charge is 2.21. The molecule has 0 amide bonds. The second-order valence-electron chi connectivity index (χ2n) is 2.46. The van der Waals surface area contributed by atoms with Crippen LogP contribution in [0.1, 0.15) is 0 Å². The van der Waals surface area contributed by atoms with Gasteiger partial charge in [0.25, 0.3) is 0 Å². The fourth-order valence-electron chi connectivity index (χ4n) is 0.889. The van der Waals surface area contributed by atoms with Crippen LogP contribution in [0.15, 0.2) is 26.0 Å². The maximum atomic E-state index is 11.1. The smallest absolute Gasteiger partial charge is 0.230 e. The second-order valence-corrected chi connectivity index (χ2v) is 8.08. The van der Waals surface area contributed by atoms with Gasteiger partial charge in [0, 0.05) is 8.95 Å². The fourth-order valence-corrected chi connectivity index (χ4v) is 6.38. The lowest BCUT2D eigenvalue weighted by Crippen LogP contribution is -2.14. The monoisotopic (exact) mass is 471 g/mol. The van der Waals surface area contributed by atoms with E-state index >= 15 is 0 Å². The molecule has 1 aromatic carbocycles. The number of hydrogen-bond acceptors (Lipinski definition) is 4. The zero-order valence-corrected chi connectivity index (χ0v) is 13.1. The summed E-state index contributed by atoms with van der Waals surface area (Å²) in [5, 5.41) is 4.91. The summed E-state index contributed by atoms with van der Waals surface area (Å²) in [5.74, 6) is 0. The molecule has 2 N–H and O–H groups in total. The standard InChI is InChI=1S/C6H4Br2INO4S/c7-3-1-4(8)6(9(11)12)5(2-3)15(10,13)14/h1-2H,(H2,10,13,14).